The number of H-pyrrole nitrogens is 2. The van der Waals surface area contributed by atoms with Gasteiger partial charge in [-0.05, 0) is 23.8 Å². The van der Waals surface area contributed by atoms with Crippen LogP contribution in [-0.2, 0) is 11.3 Å². The van der Waals surface area contributed by atoms with Gasteiger partial charge < -0.3 is 19.4 Å². The van der Waals surface area contributed by atoms with Crippen LogP contribution in [0.3, 0.4) is 0 Å². The summed E-state index contributed by atoms with van der Waals surface area (Å²) in [6, 6.07) is 22.4. The Labute approximate surface area is 183 Å². The lowest BCUT2D eigenvalue weighted by Crippen LogP contribution is -2.48. The molecule has 7 heteroatoms. The lowest BCUT2D eigenvalue weighted by Gasteiger charge is -2.06. The molecule has 4 aromatic rings. The molecule has 2 aromatic heterocycles. The van der Waals surface area contributed by atoms with Crippen molar-refractivity contribution in [1.82, 2.24) is 15.0 Å². The van der Waals surface area contributed by atoms with Crippen LogP contribution >= 0.6 is 0 Å². The molecule has 160 valence electrons. The summed E-state index contributed by atoms with van der Waals surface area (Å²) in [6.07, 6.45) is 3.07. The second-order valence-electron chi connectivity index (χ2n) is 6.93. The largest absolute Gasteiger partial charge is 0.494 e. The molecule has 0 unspecified atom stereocenters. The number of nitrogens with one attached hydrogen (secondary N) is 2. The molecule has 2 heterocycles. The van der Waals surface area contributed by atoms with E-state index in [1.807, 2.05) is 48.5 Å². The molecule has 2 N–H and O–H groups in total. The van der Waals surface area contributed by atoms with E-state index in [9.17, 15) is 9.59 Å². The van der Waals surface area contributed by atoms with Crippen molar-refractivity contribution in [2.75, 3.05) is 7.11 Å². The van der Waals surface area contributed by atoms with Gasteiger partial charge in [-0.15, -0.1) is 0 Å². The van der Waals surface area contributed by atoms with Crippen molar-refractivity contribution < 1.29 is 9.47 Å². The molecule has 0 aliphatic carbocycles. The highest BCUT2D eigenvalue weighted by atomic mass is 16.5. The van der Waals surface area contributed by atoms with Gasteiger partial charge in [0.2, 0.25) is 0 Å². The Hall–Kier alpha value is -4.39. The first-order chi connectivity index (χ1) is 15.6. The molecule has 0 fully saturated rings. The third-order valence-corrected chi connectivity index (χ3v) is 4.73. The van der Waals surface area contributed by atoms with E-state index < -0.39 is 11.1 Å². The first kappa shape index (κ1) is 20.9. The fraction of sp³-hybridized carbons (Fsp3) is 0.0800. The SMILES string of the molecule is COC(c1ccccc1)=c1[nH]c(=O)c(=Cc2ccc(OCc3ccccc3)cn2)[nH]c1=O. The van der Waals surface area contributed by atoms with Crippen molar-refractivity contribution in [2.45, 2.75) is 6.61 Å². The second kappa shape index (κ2) is 9.61. The van der Waals surface area contributed by atoms with Crippen LogP contribution in [0.15, 0.2) is 88.6 Å². The zero-order valence-corrected chi connectivity index (χ0v) is 17.4. The summed E-state index contributed by atoms with van der Waals surface area (Å²) in [5.74, 6) is 0.888. The van der Waals surface area contributed by atoms with E-state index in [0.29, 0.717) is 23.6 Å². The molecule has 0 saturated carbocycles. The third-order valence-electron chi connectivity index (χ3n) is 4.73. The quantitative estimate of drug-likeness (QED) is 0.488. The molecule has 7 nitrogen and oxygen atoms in total. The fourth-order valence-electron chi connectivity index (χ4n) is 3.15. The van der Waals surface area contributed by atoms with E-state index in [4.69, 9.17) is 9.47 Å². The molecular weight excluding hydrogens is 406 g/mol. The summed E-state index contributed by atoms with van der Waals surface area (Å²) < 4.78 is 11.1. The Morgan fingerprint density at radius 1 is 0.906 bits per heavy atom. The molecule has 2 aromatic carbocycles. The number of ether oxygens (including phenoxy) is 2. The average molecular weight is 427 g/mol. The minimum Gasteiger partial charge on any atom is -0.494 e. The number of benzene rings is 2. The third kappa shape index (κ3) is 4.84. The summed E-state index contributed by atoms with van der Waals surface area (Å²) in [5, 5.41) is 0.145. The molecule has 0 radical (unpaired) electrons. The molecule has 0 aliphatic heterocycles. The monoisotopic (exact) mass is 427 g/mol. The van der Waals surface area contributed by atoms with Crippen molar-refractivity contribution in [2.24, 2.45) is 0 Å². The first-order valence-electron chi connectivity index (χ1n) is 9.95. The van der Waals surface area contributed by atoms with Gasteiger partial charge in [0, 0.05) is 5.56 Å². The van der Waals surface area contributed by atoms with Gasteiger partial charge in [0.1, 0.15) is 17.7 Å². The van der Waals surface area contributed by atoms with Crippen molar-refractivity contribution in [1.29, 1.82) is 0 Å². The standard InChI is InChI=1S/C25H21N3O4/c1-31-23(18-10-6-3-7-11-18)22-25(30)27-21(24(29)28-22)14-19-12-13-20(15-26-19)32-16-17-8-4-2-5-9-17/h2-15H,16H2,1H3,(H,27,30)(H,28,29). The molecule has 0 amide bonds. The number of nitrogens with zero attached hydrogens (tertiary/aromatic N) is 1. The van der Waals surface area contributed by atoms with E-state index in [1.54, 1.807) is 30.5 Å². The number of hydrogen-bond acceptors (Lipinski definition) is 5. The van der Waals surface area contributed by atoms with Crippen LogP contribution in [0.2, 0.25) is 0 Å². The second-order valence-corrected chi connectivity index (χ2v) is 6.93. The number of methoxy groups -OCH3 is 1. The van der Waals surface area contributed by atoms with Crippen LogP contribution in [0, 0.1) is 0 Å². The maximum absolute atomic E-state index is 12.6. The van der Waals surface area contributed by atoms with Crippen LogP contribution in [0.4, 0.5) is 0 Å². The number of aromatic amines is 2. The Kier molecular flexibility index (Phi) is 6.27. The highest BCUT2D eigenvalue weighted by molar-refractivity contribution is 5.58. The zero-order chi connectivity index (χ0) is 22.3. The molecule has 0 bridgehead atoms. The summed E-state index contributed by atoms with van der Waals surface area (Å²) in [7, 11) is 1.45. The van der Waals surface area contributed by atoms with Crippen LogP contribution in [0.5, 0.6) is 5.75 Å². The highest BCUT2D eigenvalue weighted by Crippen LogP contribution is 2.12. The van der Waals surface area contributed by atoms with E-state index >= 15 is 0 Å². The van der Waals surface area contributed by atoms with Gasteiger partial charge >= 0.3 is 0 Å². The van der Waals surface area contributed by atoms with Crippen molar-refractivity contribution >= 4 is 11.8 Å². The number of hydrogen-bond donors (Lipinski definition) is 2. The summed E-state index contributed by atoms with van der Waals surface area (Å²) in [5.41, 5.74) is 1.30. The summed E-state index contributed by atoms with van der Waals surface area (Å²) in [4.78, 5) is 34.8. The van der Waals surface area contributed by atoms with Crippen molar-refractivity contribution in [3.05, 3.63) is 127 Å². The number of aromatic nitrogens is 3. The molecule has 0 spiro atoms. The Morgan fingerprint density at radius 2 is 1.62 bits per heavy atom. The van der Waals surface area contributed by atoms with Crippen LogP contribution in [-0.4, -0.2) is 22.1 Å². The predicted octanol–water partition coefficient (Wildman–Crippen LogP) is 1.67. The van der Waals surface area contributed by atoms with Crippen molar-refractivity contribution in [3.8, 4) is 5.75 Å². The molecule has 0 aliphatic rings. The summed E-state index contributed by atoms with van der Waals surface area (Å²) in [6.45, 7) is 0.430. The maximum atomic E-state index is 12.6. The van der Waals surface area contributed by atoms with Gasteiger partial charge in [-0.1, -0.05) is 60.7 Å². The minimum atomic E-state index is -0.473. The maximum Gasteiger partial charge on any atom is 0.276 e. The predicted molar refractivity (Wildman–Crippen MR) is 121 cm³/mol. The highest BCUT2D eigenvalue weighted by Gasteiger charge is 2.07. The number of rotatable bonds is 6. The van der Waals surface area contributed by atoms with E-state index in [-0.39, 0.29) is 16.5 Å². The Bertz CT molecular complexity index is 1430. The normalized spacial score (nSPS) is 12.3. The fourth-order valence-corrected chi connectivity index (χ4v) is 3.15. The number of pyridine rings is 1. The molecule has 0 saturated heterocycles. The Morgan fingerprint density at radius 3 is 2.28 bits per heavy atom. The van der Waals surface area contributed by atoms with Gasteiger partial charge in [0.15, 0.2) is 11.1 Å². The van der Waals surface area contributed by atoms with Crippen molar-refractivity contribution in [3.63, 3.8) is 0 Å². The van der Waals surface area contributed by atoms with Crippen LogP contribution in [0.25, 0.3) is 11.8 Å². The van der Waals surface area contributed by atoms with E-state index in [1.165, 1.54) is 13.2 Å². The molecule has 0 atom stereocenters. The summed E-state index contributed by atoms with van der Waals surface area (Å²) >= 11 is 0. The van der Waals surface area contributed by atoms with Gasteiger partial charge in [-0.3, -0.25) is 14.6 Å². The molecular formula is C25H21N3O4. The van der Waals surface area contributed by atoms with Gasteiger partial charge in [-0.2, -0.15) is 0 Å². The lowest BCUT2D eigenvalue weighted by atomic mass is 10.2. The first-order valence-corrected chi connectivity index (χ1v) is 9.95. The van der Waals surface area contributed by atoms with Crippen LogP contribution < -0.4 is 26.6 Å². The smallest absolute Gasteiger partial charge is 0.276 e. The molecule has 32 heavy (non-hydrogen) atoms. The van der Waals surface area contributed by atoms with E-state index in [2.05, 4.69) is 15.0 Å². The topological polar surface area (TPSA) is 97.1 Å². The van der Waals surface area contributed by atoms with Crippen LogP contribution in [0.1, 0.15) is 16.8 Å². The van der Waals surface area contributed by atoms with E-state index in [0.717, 1.165) is 5.56 Å². The average Bonchev–Trinajstić information content (AvgIpc) is 2.83. The van der Waals surface area contributed by atoms with Gasteiger partial charge in [-0.25, -0.2) is 0 Å². The Balaban J connectivity index is 1.62. The van der Waals surface area contributed by atoms with Gasteiger partial charge in [0.05, 0.1) is 19.0 Å². The molecule has 4 rings (SSSR count). The lowest BCUT2D eigenvalue weighted by molar-refractivity contribution is 0.305. The zero-order valence-electron chi connectivity index (χ0n) is 17.4. The minimum absolute atomic E-state index is 0.0541. The van der Waals surface area contributed by atoms with Gasteiger partial charge in [0.25, 0.3) is 11.1 Å².